The molecule has 20 heavy (non-hydrogen) atoms. The molecule has 4 N–H and O–H groups in total. The zero-order valence-electron chi connectivity index (χ0n) is 9.87. The number of aromatic amines is 1. The molecule has 2 heterocycles. The first-order valence-electron chi connectivity index (χ1n) is 5.33. The molecule has 1 aliphatic rings. The number of aliphatic hydroxyl groups excluding tert-OH is 1. The molecule has 110 valence electrons. The average molecular weight is 306 g/mol. The Labute approximate surface area is 111 Å². The predicted octanol–water partition coefficient (Wildman–Crippen LogP) is -1.58. The van der Waals surface area contributed by atoms with E-state index in [0.717, 1.165) is 22.9 Å². The fourth-order valence-electron chi connectivity index (χ4n) is 1.62. The van der Waals surface area contributed by atoms with Crippen LogP contribution in [0.3, 0.4) is 0 Å². The van der Waals surface area contributed by atoms with E-state index in [-0.39, 0.29) is 5.76 Å². The van der Waals surface area contributed by atoms with Gasteiger partial charge in [0.15, 0.2) is 0 Å². The van der Waals surface area contributed by atoms with Crippen LogP contribution < -0.4 is 11.2 Å². The number of hydrogen-bond acceptors (Lipinski definition) is 6. The number of phosphoric acid groups is 1. The molecule has 0 aromatic carbocycles. The van der Waals surface area contributed by atoms with Crippen molar-refractivity contribution >= 4 is 7.82 Å². The molecule has 10 nitrogen and oxygen atoms in total. The largest absolute Gasteiger partial charge is 0.470 e. The third kappa shape index (κ3) is 3.44. The summed E-state index contributed by atoms with van der Waals surface area (Å²) in [6, 6.07) is 1.07. The van der Waals surface area contributed by atoms with E-state index in [0.29, 0.717) is 0 Å². The van der Waals surface area contributed by atoms with Gasteiger partial charge in [0.2, 0.25) is 6.23 Å². The lowest BCUT2D eigenvalue weighted by molar-refractivity contribution is -0.0104. The number of hydrogen-bond donors (Lipinski definition) is 4. The Morgan fingerprint density at radius 1 is 1.45 bits per heavy atom. The number of aromatic nitrogens is 2. The molecule has 0 spiro atoms. The smallest absolute Gasteiger partial charge is 0.469 e. The molecule has 0 amide bonds. The van der Waals surface area contributed by atoms with Crippen LogP contribution in [-0.2, 0) is 13.8 Å². The highest BCUT2D eigenvalue weighted by molar-refractivity contribution is 7.46. The highest BCUT2D eigenvalue weighted by Crippen LogP contribution is 2.37. The molecule has 11 heteroatoms. The van der Waals surface area contributed by atoms with Crippen LogP contribution in [0.2, 0.25) is 0 Å². The van der Waals surface area contributed by atoms with Gasteiger partial charge in [0.1, 0.15) is 18.5 Å². The Bertz CT molecular complexity index is 686. The van der Waals surface area contributed by atoms with Gasteiger partial charge in [-0.15, -0.1) is 0 Å². The van der Waals surface area contributed by atoms with E-state index in [9.17, 15) is 19.3 Å². The molecule has 2 atom stereocenters. The van der Waals surface area contributed by atoms with Gasteiger partial charge >= 0.3 is 13.5 Å². The minimum atomic E-state index is -4.66. The molecular weight excluding hydrogens is 295 g/mol. The van der Waals surface area contributed by atoms with Gasteiger partial charge in [-0.3, -0.25) is 18.9 Å². The molecule has 1 aromatic rings. The quantitative estimate of drug-likeness (QED) is 0.486. The van der Waals surface area contributed by atoms with Crippen LogP contribution >= 0.6 is 7.82 Å². The Morgan fingerprint density at radius 3 is 2.75 bits per heavy atom. The fraction of sp³-hybridized carbons (Fsp3) is 0.333. The van der Waals surface area contributed by atoms with E-state index in [2.05, 4.69) is 4.52 Å². The second kappa shape index (κ2) is 5.35. The number of rotatable bonds is 4. The lowest BCUT2D eigenvalue weighted by Gasteiger charge is -2.18. The molecule has 0 saturated heterocycles. The van der Waals surface area contributed by atoms with Gasteiger partial charge in [-0.1, -0.05) is 0 Å². The zero-order chi connectivity index (χ0) is 14.9. The summed E-state index contributed by atoms with van der Waals surface area (Å²) in [4.78, 5) is 41.5. The monoisotopic (exact) mass is 306 g/mol. The lowest BCUT2D eigenvalue weighted by atomic mass is 10.3. The van der Waals surface area contributed by atoms with Crippen molar-refractivity contribution < 1.29 is 28.7 Å². The Morgan fingerprint density at radius 2 is 2.15 bits per heavy atom. The van der Waals surface area contributed by atoms with Crippen LogP contribution in [0.15, 0.2) is 33.7 Å². The molecule has 0 unspecified atom stereocenters. The van der Waals surface area contributed by atoms with Crippen molar-refractivity contribution in [2.24, 2.45) is 0 Å². The van der Waals surface area contributed by atoms with Crippen LogP contribution in [0.1, 0.15) is 6.23 Å². The highest BCUT2D eigenvalue weighted by Gasteiger charge is 2.31. The minimum absolute atomic E-state index is 0.0380. The van der Waals surface area contributed by atoms with E-state index >= 15 is 0 Å². The van der Waals surface area contributed by atoms with Crippen LogP contribution in [0.5, 0.6) is 0 Å². The molecule has 0 saturated carbocycles. The Kier molecular flexibility index (Phi) is 3.93. The van der Waals surface area contributed by atoms with Crippen molar-refractivity contribution in [2.75, 3.05) is 6.61 Å². The van der Waals surface area contributed by atoms with E-state index in [4.69, 9.17) is 14.5 Å². The Hall–Kier alpha value is -1.71. The van der Waals surface area contributed by atoms with Crippen molar-refractivity contribution in [1.82, 2.24) is 9.55 Å². The maximum atomic E-state index is 11.5. The molecule has 2 rings (SSSR count). The normalized spacial score (nSPS) is 22.4. The standard InChI is InChI=1S/C9H11N2O8P/c12-6-3-5(4-18-20(15,16)17)19-8(6)11-2-1-7(13)10-9(11)14/h1-3,6,8,12H,4H2,(H,10,13,14)(H2,15,16,17)/t6-,8-/m1/s1. The number of nitrogens with one attached hydrogen (secondary N) is 1. The summed E-state index contributed by atoms with van der Waals surface area (Å²) in [6.45, 7) is -0.560. The summed E-state index contributed by atoms with van der Waals surface area (Å²) < 4.78 is 20.9. The summed E-state index contributed by atoms with van der Waals surface area (Å²) >= 11 is 0. The summed E-state index contributed by atoms with van der Waals surface area (Å²) in [6.07, 6.45) is -0.0863. The fourth-order valence-corrected chi connectivity index (χ4v) is 1.91. The van der Waals surface area contributed by atoms with Gasteiger partial charge in [0, 0.05) is 12.3 Å². The SMILES string of the molecule is O=c1ccn([C@@H]2OC(COP(=O)(O)O)=C[C@H]2O)c(=O)[nH]1. The number of nitrogens with zero attached hydrogens (tertiary/aromatic N) is 1. The molecule has 0 bridgehead atoms. The molecule has 1 aromatic heterocycles. The van der Waals surface area contributed by atoms with Gasteiger partial charge in [-0.05, 0) is 6.08 Å². The molecular formula is C9H11N2O8P. The van der Waals surface area contributed by atoms with Crippen molar-refractivity contribution in [3.63, 3.8) is 0 Å². The summed E-state index contributed by atoms with van der Waals surface area (Å²) in [5.41, 5.74) is -1.39. The second-order valence-electron chi connectivity index (χ2n) is 3.91. The Balaban J connectivity index is 2.12. The van der Waals surface area contributed by atoms with E-state index in [1.54, 1.807) is 0 Å². The van der Waals surface area contributed by atoms with Crippen molar-refractivity contribution in [3.8, 4) is 0 Å². The van der Waals surface area contributed by atoms with Crippen molar-refractivity contribution in [3.05, 3.63) is 44.9 Å². The van der Waals surface area contributed by atoms with E-state index in [1.807, 2.05) is 4.98 Å². The van der Waals surface area contributed by atoms with E-state index in [1.165, 1.54) is 0 Å². The maximum Gasteiger partial charge on any atom is 0.470 e. The van der Waals surface area contributed by atoms with Crippen LogP contribution in [0.25, 0.3) is 0 Å². The van der Waals surface area contributed by atoms with Crippen molar-refractivity contribution in [2.45, 2.75) is 12.3 Å². The molecule has 0 fully saturated rings. The van der Waals surface area contributed by atoms with Gasteiger partial charge in [-0.2, -0.15) is 0 Å². The summed E-state index contributed by atoms with van der Waals surface area (Å²) in [5.74, 6) is -0.0380. The van der Waals surface area contributed by atoms with E-state index < -0.39 is 38.0 Å². The van der Waals surface area contributed by atoms with Gasteiger partial charge < -0.3 is 19.6 Å². The third-order valence-electron chi connectivity index (χ3n) is 2.42. The van der Waals surface area contributed by atoms with Crippen molar-refractivity contribution in [1.29, 1.82) is 0 Å². The van der Waals surface area contributed by atoms with Gasteiger partial charge in [0.05, 0.1) is 0 Å². The minimum Gasteiger partial charge on any atom is -0.469 e. The highest BCUT2D eigenvalue weighted by atomic mass is 31.2. The first-order chi connectivity index (χ1) is 9.26. The first kappa shape index (κ1) is 14.7. The molecule has 0 aliphatic carbocycles. The third-order valence-corrected chi connectivity index (χ3v) is 2.89. The van der Waals surface area contributed by atoms with Gasteiger partial charge in [0.25, 0.3) is 5.56 Å². The predicted molar refractivity (Wildman–Crippen MR) is 63.5 cm³/mol. The zero-order valence-corrected chi connectivity index (χ0v) is 10.8. The van der Waals surface area contributed by atoms with Crippen LogP contribution in [0.4, 0.5) is 0 Å². The topological polar surface area (TPSA) is 151 Å². The number of aliphatic hydroxyl groups is 1. The van der Waals surface area contributed by atoms with Crippen LogP contribution in [0, 0.1) is 0 Å². The average Bonchev–Trinajstić information content (AvgIpc) is 2.67. The second-order valence-corrected chi connectivity index (χ2v) is 5.15. The lowest BCUT2D eigenvalue weighted by Crippen LogP contribution is -2.35. The number of ether oxygens (including phenoxy) is 1. The molecule has 0 radical (unpaired) electrons. The summed E-state index contributed by atoms with van der Waals surface area (Å²) in [5, 5.41) is 9.73. The van der Waals surface area contributed by atoms with Gasteiger partial charge in [-0.25, -0.2) is 9.36 Å². The summed E-state index contributed by atoms with van der Waals surface area (Å²) in [7, 11) is -4.66. The number of H-pyrrole nitrogens is 1. The first-order valence-corrected chi connectivity index (χ1v) is 6.86. The maximum absolute atomic E-state index is 11.5. The molecule has 1 aliphatic heterocycles. The van der Waals surface area contributed by atoms with Crippen LogP contribution in [-0.4, -0.2) is 37.2 Å². The number of phosphoric ester groups is 1.